The molecule has 0 radical (unpaired) electrons. The van der Waals surface area contributed by atoms with Crippen molar-refractivity contribution in [3.05, 3.63) is 12.3 Å². The minimum atomic E-state index is -0.0873. The Labute approximate surface area is 116 Å². The first-order valence-electron chi connectivity index (χ1n) is 7.70. The molecule has 3 heteroatoms. The molecule has 4 bridgehead atoms. The van der Waals surface area contributed by atoms with E-state index in [4.69, 9.17) is 0 Å². The first-order chi connectivity index (χ1) is 8.97. The van der Waals surface area contributed by atoms with Crippen molar-refractivity contribution in [1.29, 1.82) is 0 Å². The van der Waals surface area contributed by atoms with E-state index in [0.29, 0.717) is 11.1 Å². The summed E-state index contributed by atoms with van der Waals surface area (Å²) in [6.45, 7) is 7.74. The van der Waals surface area contributed by atoms with E-state index < -0.39 is 0 Å². The van der Waals surface area contributed by atoms with E-state index in [-0.39, 0.29) is 12.1 Å². The maximum atomic E-state index is 11.9. The van der Waals surface area contributed by atoms with Gasteiger partial charge in [-0.15, -0.1) is 0 Å². The third-order valence-corrected chi connectivity index (χ3v) is 5.68. The van der Waals surface area contributed by atoms with Crippen LogP contribution in [0, 0.1) is 23.2 Å². The number of hydrogen-bond acceptors (Lipinski definition) is 1. The van der Waals surface area contributed by atoms with E-state index in [0.717, 1.165) is 17.8 Å². The summed E-state index contributed by atoms with van der Waals surface area (Å²) in [5, 5.41) is 5.92. The quantitative estimate of drug-likeness (QED) is 0.804. The van der Waals surface area contributed by atoms with Crippen LogP contribution in [-0.2, 0) is 0 Å². The van der Waals surface area contributed by atoms with Crippen molar-refractivity contribution in [2.45, 2.75) is 58.4 Å². The second-order valence-electron chi connectivity index (χ2n) is 7.38. The smallest absolute Gasteiger partial charge is 0.319 e. The number of carbonyl (C=O) groups excluding carboxylic acids is 1. The molecule has 0 aromatic rings. The molecule has 0 spiro atoms. The number of hydrogen-bond donors (Lipinski definition) is 2. The van der Waals surface area contributed by atoms with Gasteiger partial charge in [0.25, 0.3) is 0 Å². The van der Waals surface area contributed by atoms with Crippen LogP contribution in [0.2, 0.25) is 0 Å². The third kappa shape index (κ3) is 2.39. The summed E-state index contributed by atoms with van der Waals surface area (Å²) in [5.74, 6) is 2.79. The van der Waals surface area contributed by atoms with E-state index in [1.54, 1.807) is 0 Å². The Kier molecular flexibility index (Phi) is 3.11. The van der Waals surface area contributed by atoms with Gasteiger partial charge in [0, 0.05) is 11.7 Å². The number of rotatable bonds is 3. The summed E-state index contributed by atoms with van der Waals surface area (Å²) in [7, 11) is 0. The highest BCUT2D eigenvalue weighted by molar-refractivity contribution is 5.76. The van der Waals surface area contributed by atoms with Gasteiger partial charge in [-0.1, -0.05) is 6.58 Å². The molecule has 3 nitrogen and oxygen atoms in total. The highest BCUT2D eigenvalue weighted by atomic mass is 16.2. The molecule has 4 aliphatic carbocycles. The number of urea groups is 1. The maximum Gasteiger partial charge on any atom is 0.319 e. The molecule has 0 aromatic carbocycles. The summed E-state index contributed by atoms with van der Waals surface area (Å²) in [4.78, 5) is 11.9. The molecule has 0 heterocycles. The highest BCUT2D eigenvalue weighted by Gasteiger charge is 2.53. The van der Waals surface area contributed by atoms with Crippen molar-refractivity contribution in [1.82, 2.24) is 10.6 Å². The lowest BCUT2D eigenvalue weighted by Crippen LogP contribution is -2.56. The lowest BCUT2D eigenvalue weighted by atomic mass is 9.48. The predicted molar refractivity (Wildman–Crippen MR) is 76.5 cm³/mol. The second kappa shape index (κ2) is 4.53. The molecule has 19 heavy (non-hydrogen) atoms. The number of amides is 2. The number of carbonyl (C=O) groups is 1. The van der Waals surface area contributed by atoms with Gasteiger partial charge >= 0.3 is 6.03 Å². The van der Waals surface area contributed by atoms with Crippen LogP contribution in [0.3, 0.4) is 0 Å². The summed E-state index contributed by atoms with van der Waals surface area (Å²) < 4.78 is 0. The Bertz CT molecular complexity index is 366. The van der Waals surface area contributed by atoms with Gasteiger partial charge in [0.15, 0.2) is 0 Å². The van der Waals surface area contributed by atoms with E-state index in [9.17, 15) is 4.79 Å². The van der Waals surface area contributed by atoms with Crippen molar-refractivity contribution >= 4 is 6.03 Å². The highest BCUT2D eigenvalue weighted by Crippen LogP contribution is 2.61. The topological polar surface area (TPSA) is 41.1 Å². The third-order valence-electron chi connectivity index (χ3n) is 5.68. The van der Waals surface area contributed by atoms with Crippen molar-refractivity contribution in [3.63, 3.8) is 0 Å². The molecular formula is C16H26N2O. The molecule has 0 aliphatic heterocycles. The lowest BCUT2D eigenvalue weighted by molar-refractivity contribution is -0.0681. The molecule has 2 N–H and O–H groups in total. The van der Waals surface area contributed by atoms with Gasteiger partial charge in [0.2, 0.25) is 0 Å². The molecule has 0 aromatic heterocycles. The zero-order valence-electron chi connectivity index (χ0n) is 12.2. The summed E-state index contributed by atoms with van der Waals surface area (Å²) in [6.07, 6.45) is 8.33. The fraction of sp³-hybridized carbons (Fsp3) is 0.812. The second-order valence-corrected chi connectivity index (χ2v) is 7.38. The number of nitrogens with one attached hydrogen (secondary N) is 2. The van der Waals surface area contributed by atoms with E-state index >= 15 is 0 Å². The van der Waals surface area contributed by atoms with Crippen LogP contribution >= 0.6 is 0 Å². The average Bonchev–Trinajstić information content (AvgIpc) is 2.25. The van der Waals surface area contributed by atoms with Crippen molar-refractivity contribution in [2.24, 2.45) is 23.2 Å². The Morgan fingerprint density at radius 2 is 1.63 bits per heavy atom. The van der Waals surface area contributed by atoms with Crippen LogP contribution in [0.15, 0.2) is 12.3 Å². The molecule has 4 rings (SSSR count). The maximum absolute atomic E-state index is 11.9. The van der Waals surface area contributed by atoms with E-state index in [1.807, 2.05) is 6.92 Å². The Balaban J connectivity index is 1.67. The minimum Gasteiger partial charge on any atom is -0.335 e. The molecule has 1 atom stereocenters. The van der Waals surface area contributed by atoms with Gasteiger partial charge in [-0.05, 0) is 75.5 Å². The molecule has 2 amide bonds. The molecule has 4 fully saturated rings. The lowest BCUT2D eigenvalue weighted by Gasteiger charge is -2.59. The minimum absolute atomic E-state index is 0.0873. The van der Waals surface area contributed by atoms with Crippen LogP contribution in [0.4, 0.5) is 4.79 Å². The van der Waals surface area contributed by atoms with Crippen LogP contribution < -0.4 is 10.6 Å². The SMILES string of the molecule is C=C(C)NC(=O)NC(C)C12CC3CC(CC(C3)C1)C2. The molecule has 4 aliphatic rings. The van der Waals surface area contributed by atoms with Crippen LogP contribution in [0.5, 0.6) is 0 Å². The molecule has 0 saturated heterocycles. The van der Waals surface area contributed by atoms with Crippen LogP contribution in [0.1, 0.15) is 52.4 Å². The zero-order valence-corrected chi connectivity index (χ0v) is 12.2. The van der Waals surface area contributed by atoms with Crippen molar-refractivity contribution in [2.75, 3.05) is 0 Å². The Morgan fingerprint density at radius 3 is 2.05 bits per heavy atom. The number of allylic oxidation sites excluding steroid dienone is 1. The van der Waals surface area contributed by atoms with Gasteiger partial charge in [-0.3, -0.25) is 0 Å². The Hall–Kier alpha value is -0.990. The molecule has 1 unspecified atom stereocenters. The Morgan fingerprint density at radius 1 is 1.16 bits per heavy atom. The van der Waals surface area contributed by atoms with Crippen LogP contribution in [-0.4, -0.2) is 12.1 Å². The monoisotopic (exact) mass is 262 g/mol. The van der Waals surface area contributed by atoms with Crippen LogP contribution in [0.25, 0.3) is 0 Å². The fourth-order valence-electron chi connectivity index (χ4n) is 5.29. The average molecular weight is 262 g/mol. The molecule has 106 valence electrons. The zero-order chi connectivity index (χ0) is 13.6. The van der Waals surface area contributed by atoms with Gasteiger partial charge in [-0.2, -0.15) is 0 Å². The standard InChI is InChI=1S/C16H26N2O/c1-10(2)17-15(19)18-11(3)16-7-12-4-13(8-16)6-14(5-12)9-16/h11-14H,1,4-9H2,2-3H3,(H2,17,18,19). The van der Waals surface area contributed by atoms with Gasteiger partial charge in [0.05, 0.1) is 0 Å². The first kappa shape index (κ1) is 13.0. The first-order valence-corrected chi connectivity index (χ1v) is 7.70. The normalized spacial score (nSPS) is 40.8. The summed E-state index contributed by atoms with van der Waals surface area (Å²) in [6, 6.07) is 0.191. The summed E-state index contributed by atoms with van der Waals surface area (Å²) in [5.41, 5.74) is 1.08. The predicted octanol–water partition coefficient (Wildman–Crippen LogP) is 3.42. The van der Waals surface area contributed by atoms with E-state index in [2.05, 4.69) is 24.1 Å². The molecule has 4 saturated carbocycles. The van der Waals surface area contributed by atoms with Gasteiger partial charge in [-0.25, -0.2) is 4.79 Å². The van der Waals surface area contributed by atoms with Gasteiger partial charge < -0.3 is 10.6 Å². The summed E-state index contributed by atoms with van der Waals surface area (Å²) >= 11 is 0. The van der Waals surface area contributed by atoms with Gasteiger partial charge in [0.1, 0.15) is 0 Å². The van der Waals surface area contributed by atoms with Crippen molar-refractivity contribution < 1.29 is 4.79 Å². The largest absolute Gasteiger partial charge is 0.335 e. The molecular weight excluding hydrogens is 236 g/mol. The van der Waals surface area contributed by atoms with E-state index in [1.165, 1.54) is 38.5 Å². The fourth-order valence-corrected chi connectivity index (χ4v) is 5.29. The van der Waals surface area contributed by atoms with Crippen molar-refractivity contribution in [3.8, 4) is 0 Å².